The highest BCUT2D eigenvalue weighted by Crippen LogP contribution is 2.33. The highest BCUT2D eigenvalue weighted by atomic mass is 16.6. The van der Waals surface area contributed by atoms with Crippen molar-refractivity contribution in [1.82, 2.24) is 4.98 Å². The van der Waals surface area contributed by atoms with Crippen molar-refractivity contribution in [2.75, 3.05) is 13.7 Å². The molecule has 21 heavy (non-hydrogen) atoms. The van der Waals surface area contributed by atoms with Crippen molar-refractivity contribution in [2.45, 2.75) is 13.3 Å². The number of pyridine rings is 1. The average Bonchev–Trinajstić information content (AvgIpc) is 2.89. The van der Waals surface area contributed by atoms with Crippen molar-refractivity contribution in [2.24, 2.45) is 0 Å². The van der Waals surface area contributed by atoms with Gasteiger partial charge in [0.25, 0.3) is 5.95 Å². The summed E-state index contributed by atoms with van der Waals surface area (Å²) in [6.07, 6.45) is 2.54. The number of rotatable bonds is 5. The largest absolute Gasteiger partial charge is 0.496 e. The molecule has 0 saturated carbocycles. The number of nitrogens with zero attached hydrogens (tertiary/aromatic N) is 1. The molecule has 0 aliphatic heterocycles. The van der Waals surface area contributed by atoms with Gasteiger partial charge in [-0.2, -0.15) is 0 Å². The first-order valence-corrected chi connectivity index (χ1v) is 6.81. The quantitative estimate of drug-likeness (QED) is 0.653. The van der Waals surface area contributed by atoms with Crippen LogP contribution in [0.15, 0.2) is 47.0 Å². The lowest BCUT2D eigenvalue weighted by atomic mass is 10.1. The zero-order valence-corrected chi connectivity index (χ0v) is 12.2. The van der Waals surface area contributed by atoms with E-state index in [1.807, 2.05) is 31.2 Å². The summed E-state index contributed by atoms with van der Waals surface area (Å²) >= 11 is 0. The number of hydrogen-bond donors (Lipinski definition) is 0. The van der Waals surface area contributed by atoms with E-state index in [4.69, 9.17) is 13.9 Å². The molecule has 0 unspecified atom stereocenters. The smallest absolute Gasteiger partial charge is 0.285 e. The number of fused-ring (bicyclic) bond motifs is 3. The van der Waals surface area contributed by atoms with Gasteiger partial charge in [-0.25, -0.2) is 0 Å². The molecule has 4 heteroatoms. The van der Waals surface area contributed by atoms with Gasteiger partial charge in [0.15, 0.2) is 0 Å². The van der Waals surface area contributed by atoms with Crippen LogP contribution in [0.2, 0.25) is 0 Å². The minimum absolute atomic E-state index is 0.503. The van der Waals surface area contributed by atoms with Crippen LogP contribution in [0.1, 0.15) is 13.3 Å². The minimum Gasteiger partial charge on any atom is -0.496 e. The summed E-state index contributed by atoms with van der Waals surface area (Å²) in [7, 11) is 1.65. The molecule has 0 atom stereocenters. The second kappa shape index (κ2) is 5.48. The van der Waals surface area contributed by atoms with Crippen molar-refractivity contribution in [3.8, 4) is 11.7 Å². The molecule has 0 bridgehead atoms. The molecule has 0 aliphatic rings. The molecule has 0 spiro atoms. The van der Waals surface area contributed by atoms with Crippen molar-refractivity contribution < 1.29 is 13.9 Å². The average molecular weight is 283 g/mol. The van der Waals surface area contributed by atoms with Gasteiger partial charge in [0.1, 0.15) is 11.3 Å². The first-order valence-electron chi connectivity index (χ1n) is 6.81. The molecule has 3 aromatic rings. The Morgan fingerprint density at radius 1 is 1.29 bits per heavy atom. The minimum atomic E-state index is 0.503. The number of benzene rings is 1. The Kier molecular flexibility index (Phi) is 3.52. The van der Waals surface area contributed by atoms with Gasteiger partial charge in [0.05, 0.1) is 24.6 Å². The first-order chi connectivity index (χ1) is 10.2. The van der Waals surface area contributed by atoms with E-state index in [0.717, 1.165) is 39.6 Å². The SMILES string of the molecule is C=C(C)CCOc1cc2c(ccc3c(OC)ccnc32)o1. The van der Waals surface area contributed by atoms with Gasteiger partial charge >= 0.3 is 0 Å². The van der Waals surface area contributed by atoms with Gasteiger partial charge in [0, 0.05) is 24.1 Å². The molecule has 0 radical (unpaired) electrons. The van der Waals surface area contributed by atoms with Crippen LogP contribution in [0.4, 0.5) is 0 Å². The fourth-order valence-corrected chi connectivity index (χ4v) is 2.26. The molecule has 0 N–H and O–H groups in total. The number of furan rings is 1. The third-order valence-electron chi connectivity index (χ3n) is 3.34. The van der Waals surface area contributed by atoms with E-state index < -0.39 is 0 Å². The van der Waals surface area contributed by atoms with Crippen LogP contribution >= 0.6 is 0 Å². The second-order valence-electron chi connectivity index (χ2n) is 5.01. The fraction of sp³-hybridized carbons (Fsp3) is 0.235. The third kappa shape index (κ3) is 2.57. The predicted octanol–water partition coefficient (Wildman–Crippen LogP) is 4.33. The summed E-state index contributed by atoms with van der Waals surface area (Å²) in [5, 5.41) is 1.89. The lowest BCUT2D eigenvalue weighted by Gasteiger charge is -2.04. The summed E-state index contributed by atoms with van der Waals surface area (Å²) < 4.78 is 16.7. The molecule has 0 amide bonds. The van der Waals surface area contributed by atoms with Gasteiger partial charge in [0.2, 0.25) is 0 Å². The highest BCUT2D eigenvalue weighted by Gasteiger charge is 2.11. The molecule has 1 aromatic carbocycles. The van der Waals surface area contributed by atoms with Crippen molar-refractivity contribution in [3.63, 3.8) is 0 Å². The molecule has 2 aromatic heterocycles. The van der Waals surface area contributed by atoms with Crippen LogP contribution < -0.4 is 9.47 Å². The molecule has 2 heterocycles. The summed E-state index contributed by atoms with van der Waals surface area (Å²) in [6.45, 7) is 6.39. The fourth-order valence-electron chi connectivity index (χ4n) is 2.26. The maximum Gasteiger partial charge on any atom is 0.285 e. The molecule has 0 fully saturated rings. The number of hydrogen-bond acceptors (Lipinski definition) is 4. The Morgan fingerprint density at radius 3 is 2.90 bits per heavy atom. The van der Waals surface area contributed by atoms with Crippen LogP contribution in [0.5, 0.6) is 11.7 Å². The number of aromatic nitrogens is 1. The van der Waals surface area contributed by atoms with Crippen molar-refractivity contribution in [1.29, 1.82) is 0 Å². The Morgan fingerprint density at radius 2 is 2.14 bits per heavy atom. The zero-order valence-electron chi connectivity index (χ0n) is 12.2. The lowest BCUT2D eigenvalue weighted by molar-refractivity contribution is 0.253. The van der Waals surface area contributed by atoms with Gasteiger partial charge in [-0.1, -0.05) is 5.57 Å². The third-order valence-corrected chi connectivity index (χ3v) is 3.34. The molecule has 4 nitrogen and oxygen atoms in total. The Labute approximate surface area is 123 Å². The molecular formula is C17H17NO3. The van der Waals surface area contributed by atoms with Crippen molar-refractivity contribution in [3.05, 3.63) is 42.6 Å². The Bertz CT molecular complexity index is 804. The lowest BCUT2D eigenvalue weighted by Crippen LogP contribution is -1.95. The normalized spacial score (nSPS) is 11.0. The molecule has 3 rings (SSSR count). The van der Waals surface area contributed by atoms with Gasteiger partial charge in [-0.15, -0.1) is 6.58 Å². The van der Waals surface area contributed by atoms with Gasteiger partial charge in [-0.3, -0.25) is 4.98 Å². The second-order valence-corrected chi connectivity index (χ2v) is 5.01. The summed E-state index contributed by atoms with van der Waals surface area (Å²) in [6, 6.07) is 7.58. The van der Waals surface area contributed by atoms with Crippen LogP contribution in [0.3, 0.4) is 0 Å². The van der Waals surface area contributed by atoms with E-state index in [2.05, 4.69) is 11.6 Å². The van der Waals surface area contributed by atoms with E-state index in [-0.39, 0.29) is 0 Å². The van der Waals surface area contributed by atoms with E-state index in [0.29, 0.717) is 12.6 Å². The molecule has 108 valence electrons. The van der Waals surface area contributed by atoms with Crippen LogP contribution in [-0.4, -0.2) is 18.7 Å². The number of methoxy groups -OCH3 is 1. The standard InChI is InChI=1S/C17H17NO3/c1-11(2)7-9-20-16-10-13-15(21-16)5-4-12-14(19-3)6-8-18-17(12)13/h4-6,8,10H,1,7,9H2,2-3H3. The van der Waals surface area contributed by atoms with E-state index >= 15 is 0 Å². The van der Waals surface area contributed by atoms with Gasteiger partial charge in [-0.05, 0) is 25.1 Å². The topological polar surface area (TPSA) is 44.5 Å². The zero-order chi connectivity index (χ0) is 14.8. The molecular weight excluding hydrogens is 266 g/mol. The highest BCUT2D eigenvalue weighted by molar-refractivity contribution is 6.05. The molecule has 0 aliphatic carbocycles. The Hall–Kier alpha value is -2.49. The van der Waals surface area contributed by atoms with E-state index in [1.54, 1.807) is 13.3 Å². The maximum atomic E-state index is 5.70. The predicted molar refractivity (Wildman–Crippen MR) is 83.0 cm³/mol. The van der Waals surface area contributed by atoms with E-state index in [9.17, 15) is 0 Å². The summed E-state index contributed by atoms with van der Waals surface area (Å²) in [4.78, 5) is 4.43. The van der Waals surface area contributed by atoms with Crippen LogP contribution in [0.25, 0.3) is 21.9 Å². The van der Waals surface area contributed by atoms with Crippen LogP contribution in [-0.2, 0) is 0 Å². The van der Waals surface area contributed by atoms with E-state index in [1.165, 1.54) is 0 Å². The monoisotopic (exact) mass is 283 g/mol. The van der Waals surface area contributed by atoms with Crippen molar-refractivity contribution >= 4 is 21.9 Å². The van der Waals surface area contributed by atoms with Crippen LogP contribution in [0, 0.1) is 0 Å². The first kappa shape index (κ1) is 13.5. The van der Waals surface area contributed by atoms with Gasteiger partial charge < -0.3 is 13.9 Å². The summed E-state index contributed by atoms with van der Waals surface area (Å²) in [5.74, 6) is 1.30. The molecule has 0 saturated heterocycles. The maximum absolute atomic E-state index is 5.70. The Balaban J connectivity index is 2.01. The summed E-state index contributed by atoms with van der Waals surface area (Å²) in [5.41, 5.74) is 2.70. The number of ether oxygens (including phenoxy) is 2.